The molecule has 0 radical (unpaired) electrons. The van der Waals surface area contributed by atoms with Crippen LogP contribution < -0.4 is 5.56 Å². The first-order valence-electron chi connectivity index (χ1n) is 7.58. The summed E-state index contributed by atoms with van der Waals surface area (Å²) in [6, 6.07) is 7.72. The van der Waals surface area contributed by atoms with Crippen LogP contribution >= 0.6 is 0 Å². The van der Waals surface area contributed by atoms with E-state index in [1.165, 1.54) is 0 Å². The quantitative estimate of drug-likeness (QED) is 0.741. The molecule has 0 atom stereocenters. The highest BCUT2D eigenvalue weighted by Crippen LogP contribution is 2.21. The Bertz CT molecular complexity index is 893. The molecule has 4 rings (SSSR count). The Morgan fingerprint density at radius 2 is 2.09 bits per heavy atom. The first kappa shape index (κ1) is 14.2. The molecular weight excluding hydrogens is 294 g/mol. The van der Waals surface area contributed by atoms with Gasteiger partial charge >= 0.3 is 0 Å². The Balaban J connectivity index is 1.88. The van der Waals surface area contributed by atoms with Gasteiger partial charge in [-0.3, -0.25) is 4.79 Å². The highest BCUT2D eigenvalue weighted by Gasteiger charge is 2.18. The van der Waals surface area contributed by atoms with Gasteiger partial charge in [0.2, 0.25) is 0 Å². The molecule has 1 aliphatic rings. The number of benzene rings is 1. The lowest BCUT2D eigenvalue weighted by Crippen LogP contribution is -2.27. The van der Waals surface area contributed by atoms with Gasteiger partial charge in [-0.15, -0.1) is 0 Å². The summed E-state index contributed by atoms with van der Waals surface area (Å²) in [6.07, 6.45) is 4.98. The van der Waals surface area contributed by atoms with Crippen molar-refractivity contribution in [2.24, 2.45) is 0 Å². The Morgan fingerprint density at radius 1 is 1.26 bits per heavy atom. The predicted octanol–water partition coefficient (Wildman–Crippen LogP) is 1.87. The standard InChI is InChI=1S/C17H17N3O3/c1-12-8-16(21)20(10-17-22-6-7-23-17)15-9-13(2-3-14(12)15)19-5-4-18-11-19/h2-5,8-9,11,17H,6-7,10H2,1H3. The minimum atomic E-state index is -0.365. The molecule has 1 fully saturated rings. The summed E-state index contributed by atoms with van der Waals surface area (Å²) in [5, 5.41) is 1.05. The van der Waals surface area contributed by atoms with E-state index in [4.69, 9.17) is 9.47 Å². The number of aromatic nitrogens is 3. The van der Waals surface area contributed by atoms with Gasteiger partial charge in [-0.2, -0.15) is 0 Å². The van der Waals surface area contributed by atoms with Crippen molar-refractivity contribution in [1.29, 1.82) is 0 Å². The fraction of sp³-hybridized carbons (Fsp3) is 0.294. The van der Waals surface area contributed by atoms with Crippen LogP contribution in [0.5, 0.6) is 0 Å². The van der Waals surface area contributed by atoms with Crippen molar-refractivity contribution < 1.29 is 9.47 Å². The van der Waals surface area contributed by atoms with Crippen LogP contribution in [0, 0.1) is 6.92 Å². The van der Waals surface area contributed by atoms with Gasteiger partial charge in [0.25, 0.3) is 5.56 Å². The Labute approximate surface area is 132 Å². The molecule has 3 aromatic rings. The van der Waals surface area contributed by atoms with Crippen molar-refractivity contribution in [3.05, 3.63) is 58.9 Å². The lowest BCUT2D eigenvalue weighted by molar-refractivity contribution is -0.0522. The van der Waals surface area contributed by atoms with Crippen LogP contribution in [0.25, 0.3) is 16.6 Å². The van der Waals surface area contributed by atoms with Crippen molar-refractivity contribution in [1.82, 2.24) is 14.1 Å². The van der Waals surface area contributed by atoms with Crippen molar-refractivity contribution in [3.8, 4) is 5.69 Å². The van der Waals surface area contributed by atoms with Crippen LogP contribution in [0.4, 0.5) is 0 Å². The number of hydrogen-bond acceptors (Lipinski definition) is 4. The largest absolute Gasteiger partial charge is 0.348 e. The highest BCUT2D eigenvalue weighted by atomic mass is 16.7. The average Bonchev–Trinajstić information content (AvgIpc) is 3.24. The van der Waals surface area contributed by atoms with Gasteiger partial charge in [-0.25, -0.2) is 4.98 Å². The SMILES string of the molecule is Cc1cc(=O)n(CC2OCCO2)c2cc(-n3ccnc3)ccc12. The third-order valence-corrected chi connectivity index (χ3v) is 4.13. The molecule has 6 heteroatoms. The maximum Gasteiger partial charge on any atom is 0.251 e. The topological polar surface area (TPSA) is 58.3 Å². The summed E-state index contributed by atoms with van der Waals surface area (Å²) in [5.41, 5.74) is 2.76. The fourth-order valence-corrected chi connectivity index (χ4v) is 2.96. The number of aryl methyl sites for hydroxylation is 1. The summed E-state index contributed by atoms with van der Waals surface area (Å²) < 4.78 is 14.6. The normalized spacial score (nSPS) is 15.5. The molecule has 3 heterocycles. The minimum Gasteiger partial charge on any atom is -0.348 e. The van der Waals surface area contributed by atoms with E-state index in [0.29, 0.717) is 19.8 Å². The fourth-order valence-electron chi connectivity index (χ4n) is 2.96. The summed E-state index contributed by atoms with van der Waals surface area (Å²) >= 11 is 0. The van der Waals surface area contributed by atoms with Gasteiger partial charge in [-0.05, 0) is 24.6 Å². The number of fused-ring (bicyclic) bond motifs is 1. The summed E-state index contributed by atoms with van der Waals surface area (Å²) in [7, 11) is 0. The molecule has 1 aliphatic heterocycles. The molecule has 1 saturated heterocycles. The molecule has 0 unspecified atom stereocenters. The molecule has 118 valence electrons. The summed E-state index contributed by atoms with van der Waals surface area (Å²) in [6.45, 7) is 3.49. The van der Waals surface area contributed by atoms with Crippen molar-refractivity contribution in [3.63, 3.8) is 0 Å². The number of nitrogens with zero attached hydrogens (tertiary/aromatic N) is 3. The van der Waals surface area contributed by atoms with E-state index in [-0.39, 0.29) is 11.8 Å². The number of pyridine rings is 1. The molecule has 0 spiro atoms. The van der Waals surface area contributed by atoms with Gasteiger partial charge in [0.1, 0.15) is 0 Å². The molecular formula is C17H17N3O3. The van der Waals surface area contributed by atoms with Crippen LogP contribution in [0.1, 0.15) is 5.56 Å². The van der Waals surface area contributed by atoms with E-state index < -0.39 is 0 Å². The second-order valence-corrected chi connectivity index (χ2v) is 5.62. The molecule has 1 aromatic carbocycles. The van der Waals surface area contributed by atoms with Crippen molar-refractivity contribution >= 4 is 10.9 Å². The van der Waals surface area contributed by atoms with Gasteiger partial charge in [0, 0.05) is 29.5 Å². The maximum absolute atomic E-state index is 12.5. The van der Waals surface area contributed by atoms with E-state index in [2.05, 4.69) is 4.98 Å². The molecule has 6 nitrogen and oxygen atoms in total. The van der Waals surface area contributed by atoms with Gasteiger partial charge < -0.3 is 18.6 Å². The van der Waals surface area contributed by atoms with Crippen LogP contribution in [0.3, 0.4) is 0 Å². The van der Waals surface area contributed by atoms with Gasteiger partial charge in [0.05, 0.1) is 31.6 Å². The maximum atomic E-state index is 12.5. The third-order valence-electron chi connectivity index (χ3n) is 4.13. The van der Waals surface area contributed by atoms with Crippen LogP contribution in [-0.4, -0.2) is 33.6 Å². The molecule has 0 amide bonds. The van der Waals surface area contributed by atoms with Crippen molar-refractivity contribution in [2.75, 3.05) is 13.2 Å². The highest BCUT2D eigenvalue weighted by molar-refractivity contribution is 5.84. The first-order chi connectivity index (χ1) is 11.2. The average molecular weight is 311 g/mol. The third kappa shape index (κ3) is 2.56. The Kier molecular flexibility index (Phi) is 3.48. The lowest BCUT2D eigenvalue weighted by Gasteiger charge is -2.16. The van der Waals surface area contributed by atoms with E-state index in [9.17, 15) is 4.79 Å². The van der Waals surface area contributed by atoms with Gasteiger partial charge in [0.15, 0.2) is 6.29 Å². The Hall–Kier alpha value is -2.44. The van der Waals surface area contributed by atoms with E-state index in [1.807, 2.05) is 35.9 Å². The summed E-state index contributed by atoms with van der Waals surface area (Å²) in [5.74, 6) is 0. The monoisotopic (exact) mass is 311 g/mol. The number of imidazole rings is 1. The van der Waals surface area contributed by atoms with Crippen LogP contribution in [0.2, 0.25) is 0 Å². The van der Waals surface area contributed by atoms with Gasteiger partial charge in [-0.1, -0.05) is 6.07 Å². The second-order valence-electron chi connectivity index (χ2n) is 5.62. The lowest BCUT2D eigenvalue weighted by atomic mass is 10.1. The zero-order chi connectivity index (χ0) is 15.8. The number of rotatable bonds is 3. The first-order valence-corrected chi connectivity index (χ1v) is 7.58. The molecule has 0 saturated carbocycles. The summed E-state index contributed by atoms with van der Waals surface area (Å²) in [4.78, 5) is 16.5. The smallest absolute Gasteiger partial charge is 0.251 e. The van der Waals surface area contributed by atoms with Crippen LogP contribution in [-0.2, 0) is 16.0 Å². The number of hydrogen-bond donors (Lipinski definition) is 0. The second kappa shape index (κ2) is 5.64. The molecule has 2 aromatic heterocycles. The molecule has 0 N–H and O–H groups in total. The molecule has 0 bridgehead atoms. The van der Waals surface area contributed by atoms with E-state index >= 15 is 0 Å². The van der Waals surface area contributed by atoms with Crippen molar-refractivity contribution in [2.45, 2.75) is 19.8 Å². The number of ether oxygens (including phenoxy) is 2. The zero-order valence-corrected chi connectivity index (χ0v) is 12.8. The predicted molar refractivity (Wildman–Crippen MR) is 85.8 cm³/mol. The molecule has 23 heavy (non-hydrogen) atoms. The zero-order valence-electron chi connectivity index (χ0n) is 12.8. The van der Waals surface area contributed by atoms with Crippen LogP contribution in [0.15, 0.2) is 47.8 Å². The Morgan fingerprint density at radius 3 is 2.83 bits per heavy atom. The van der Waals surface area contributed by atoms with E-state index in [1.54, 1.807) is 23.2 Å². The molecule has 0 aliphatic carbocycles. The minimum absolute atomic E-state index is 0.0446. The van der Waals surface area contributed by atoms with E-state index in [0.717, 1.165) is 22.2 Å².